The van der Waals surface area contributed by atoms with Crippen LogP contribution in [-0.2, 0) is 16.8 Å². The van der Waals surface area contributed by atoms with Crippen LogP contribution in [0.3, 0.4) is 0 Å². The number of hydrogen-bond acceptors (Lipinski definition) is 5. The minimum atomic E-state index is 0.0817. The van der Waals surface area contributed by atoms with Gasteiger partial charge in [-0.05, 0) is 19.3 Å². The van der Waals surface area contributed by atoms with Crippen molar-refractivity contribution in [1.82, 2.24) is 25.0 Å². The maximum Gasteiger partial charge on any atom is 0.236 e. The third-order valence-electron chi connectivity index (χ3n) is 5.67. The summed E-state index contributed by atoms with van der Waals surface area (Å²) in [6.45, 7) is 13.2. The van der Waals surface area contributed by atoms with Crippen molar-refractivity contribution in [1.29, 1.82) is 0 Å². The van der Waals surface area contributed by atoms with Gasteiger partial charge in [-0.2, -0.15) is 0 Å². The lowest BCUT2D eigenvalue weighted by atomic mass is 9.93. The van der Waals surface area contributed by atoms with Crippen LogP contribution in [-0.4, -0.2) is 84.4 Å². The zero-order chi connectivity index (χ0) is 20.9. The summed E-state index contributed by atoms with van der Waals surface area (Å²) in [5.41, 5.74) is 1.22. The normalized spacial score (nSPS) is 19.5. The fraction of sp³-hybridized carbons (Fsp3) is 0.762. The number of aromatic nitrogens is 1. The van der Waals surface area contributed by atoms with Crippen molar-refractivity contribution in [2.75, 3.05) is 52.9 Å². The summed E-state index contributed by atoms with van der Waals surface area (Å²) in [5, 5.41) is 6.69. The van der Waals surface area contributed by atoms with Gasteiger partial charge in [-0.25, -0.2) is 4.98 Å². The van der Waals surface area contributed by atoms with E-state index in [0.717, 1.165) is 68.8 Å². The van der Waals surface area contributed by atoms with Crippen molar-refractivity contribution in [3.05, 3.63) is 16.1 Å². The lowest BCUT2D eigenvalue weighted by molar-refractivity contribution is -0.133. The van der Waals surface area contributed by atoms with Gasteiger partial charge in [0.25, 0.3) is 0 Å². The topological polar surface area (TPSA) is 64.1 Å². The highest BCUT2D eigenvalue weighted by molar-refractivity contribution is 7.09. The number of thiazole rings is 1. The van der Waals surface area contributed by atoms with E-state index in [1.165, 1.54) is 6.42 Å². The monoisotopic (exact) mass is 420 g/mol. The predicted octanol–water partition coefficient (Wildman–Crippen LogP) is 2.15. The summed E-state index contributed by atoms with van der Waals surface area (Å²) >= 11 is 1.70. The van der Waals surface area contributed by atoms with E-state index < -0.39 is 0 Å². The fourth-order valence-corrected chi connectivity index (χ4v) is 4.74. The number of carbonyl (C=O) groups excluding carboxylic acids is 1. The van der Waals surface area contributed by atoms with E-state index in [4.69, 9.17) is 4.98 Å². The first-order valence-electron chi connectivity index (χ1n) is 10.8. The lowest BCUT2D eigenvalue weighted by Crippen LogP contribution is -2.54. The molecular weight excluding hydrogens is 384 g/mol. The molecule has 7 nitrogen and oxygen atoms in total. The van der Waals surface area contributed by atoms with Gasteiger partial charge in [-0.1, -0.05) is 20.8 Å². The average molecular weight is 421 g/mol. The molecule has 8 heteroatoms. The first-order chi connectivity index (χ1) is 13.9. The van der Waals surface area contributed by atoms with Crippen LogP contribution in [0.1, 0.15) is 50.7 Å². The molecule has 0 aromatic carbocycles. The van der Waals surface area contributed by atoms with Crippen LogP contribution in [0.2, 0.25) is 0 Å². The molecule has 1 aromatic rings. The van der Waals surface area contributed by atoms with E-state index in [1.807, 2.05) is 11.9 Å². The number of likely N-dealkylation sites (tertiary alicyclic amines) is 1. The van der Waals surface area contributed by atoms with E-state index in [2.05, 4.69) is 46.3 Å². The van der Waals surface area contributed by atoms with E-state index in [0.29, 0.717) is 19.0 Å². The second-order valence-corrected chi connectivity index (χ2v) is 9.92. The molecule has 0 saturated carbocycles. The second kappa shape index (κ2) is 9.89. The number of carbonyl (C=O) groups is 1. The van der Waals surface area contributed by atoms with Crippen LogP contribution in [0, 0.1) is 0 Å². The number of aliphatic imine (C=N–C) groups is 1. The van der Waals surface area contributed by atoms with Gasteiger partial charge < -0.3 is 15.1 Å². The highest BCUT2D eigenvalue weighted by Gasteiger charge is 2.24. The van der Waals surface area contributed by atoms with E-state index >= 15 is 0 Å². The molecule has 0 unspecified atom stereocenters. The molecule has 0 aliphatic carbocycles. The van der Waals surface area contributed by atoms with Gasteiger partial charge in [0.05, 0.1) is 18.8 Å². The molecule has 1 N–H and O–H groups in total. The van der Waals surface area contributed by atoms with Gasteiger partial charge in [0.1, 0.15) is 5.01 Å². The first-order valence-corrected chi connectivity index (χ1v) is 11.7. The van der Waals surface area contributed by atoms with Crippen LogP contribution in [0.5, 0.6) is 0 Å². The number of rotatable bonds is 4. The Morgan fingerprint density at radius 3 is 2.38 bits per heavy atom. The summed E-state index contributed by atoms with van der Waals surface area (Å²) in [7, 11) is 1.83. The highest BCUT2D eigenvalue weighted by atomic mass is 32.1. The molecule has 2 aliphatic rings. The molecule has 2 fully saturated rings. The molecule has 0 spiro atoms. The van der Waals surface area contributed by atoms with E-state index in [9.17, 15) is 4.79 Å². The molecule has 29 heavy (non-hydrogen) atoms. The van der Waals surface area contributed by atoms with Crippen LogP contribution < -0.4 is 5.32 Å². The first kappa shape index (κ1) is 22.0. The Morgan fingerprint density at radius 2 is 1.79 bits per heavy atom. The minimum absolute atomic E-state index is 0.0817. The smallest absolute Gasteiger partial charge is 0.236 e. The van der Waals surface area contributed by atoms with Crippen LogP contribution >= 0.6 is 11.3 Å². The molecule has 3 heterocycles. The van der Waals surface area contributed by atoms with Crippen molar-refractivity contribution in [3.8, 4) is 0 Å². The summed E-state index contributed by atoms with van der Waals surface area (Å²) in [5.74, 6) is 1.21. The standard InChI is InChI=1S/C21H36N6OS/c1-21(2,3)17-16-29-18(24-17)14-23-20(22-4)27-12-10-25(11-13-27)15-19(28)26-8-6-5-7-9-26/h16H,5-15H2,1-4H3,(H,22,23). The number of amides is 1. The van der Waals surface area contributed by atoms with Crippen LogP contribution in [0.15, 0.2) is 10.4 Å². The minimum Gasteiger partial charge on any atom is -0.350 e. The number of nitrogens with one attached hydrogen (secondary N) is 1. The van der Waals surface area contributed by atoms with Gasteiger partial charge in [0.2, 0.25) is 5.91 Å². The molecule has 2 aliphatic heterocycles. The third-order valence-corrected chi connectivity index (χ3v) is 6.52. The largest absolute Gasteiger partial charge is 0.350 e. The third kappa shape index (κ3) is 6.15. The molecule has 0 radical (unpaired) electrons. The van der Waals surface area contributed by atoms with Crippen molar-refractivity contribution < 1.29 is 4.79 Å². The van der Waals surface area contributed by atoms with Crippen molar-refractivity contribution in [3.63, 3.8) is 0 Å². The summed E-state index contributed by atoms with van der Waals surface area (Å²) in [4.78, 5) is 28.3. The molecule has 0 atom stereocenters. The summed E-state index contributed by atoms with van der Waals surface area (Å²) in [6.07, 6.45) is 3.56. The van der Waals surface area contributed by atoms with Gasteiger partial charge in [-0.15, -0.1) is 11.3 Å². The van der Waals surface area contributed by atoms with Gasteiger partial charge in [-0.3, -0.25) is 14.7 Å². The highest BCUT2D eigenvalue weighted by Crippen LogP contribution is 2.23. The number of piperidine rings is 1. The Hall–Kier alpha value is -1.67. The number of hydrogen-bond donors (Lipinski definition) is 1. The zero-order valence-corrected chi connectivity index (χ0v) is 19.2. The molecule has 162 valence electrons. The zero-order valence-electron chi connectivity index (χ0n) is 18.4. The Balaban J connectivity index is 1.44. The number of nitrogens with zero attached hydrogens (tertiary/aromatic N) is 5. The predicted molar refractivity (Wildman–Crippen MR) is 119 cm³/mol. The van der Waals surface area contributed by atoms with Crippen LogP contribution in [0.25, 0.3) is 0 Å². The Labute approximate surface area is 179 Å². The average Bonchev–Trinajstić information content (AvgIpc) is 3.20. The van der Waals surface area contributed by atoms with Gasteiger partial charge >= 0.3 is 0 Å². The SMILES string of the molecule is CN=C(NCc1nc(C(C)(C)C)cs1)N1CCN(CC(=O)N2CCCCC2)CC1. The van der Waals surface area contributed by atoms with Crippen LogP contribution in [0.4, 0.5) is 0 Å². The summed E-state index contributed by atoms with van der Waals surface area (Å²) < 4.78 is 0. The quantitative estimate of drug-likeness (QED) is 0.597. The van der Waals surface area contributed by atoms with Gasteiger partial charge in [0.15, 0.2) is 5.96 Å². The van der Waals surface area contributed by atoms with Crippen molar-refractivity contribution >= 4 is 23.2 Å². The molecule has 2 saturated heterocycles. The number of guanidine groups is 1. The maximum absolute atomic E-state index is 12.5. The molecular formula is C21H36N6OS. The van der Waals surface area contributed by atoms with E-state index in [-0.39, 0.29) is 5.41 Å². The maximum atomic E-state index is 12.5. The second-order valence-electron chi connectivity index (χ2n) is 8.98. The Bertz CT molecular complexity index is 696. The van der Waals surface area contributed by atoms with E-state index in [1.54, 1.807) is 11.3 Å². The van der Waals surface area contributed by atoms with Crippen molar-refractivity contribution in [2.45, 2.75) is 52.0 Å². The molecule has 1 aromatic heterocycles. The van der Waals surface area contributed by atoms with Crippen molar-refractivity contribution in [2.24, 2.45) is 4.99 Å². The summed E-state index contributed by atoms with van der Waals surface area (Å²) in [6, 6.07) is 0. The lowest BCUT2D eigenvalue weighted by Gasteiger charge is -2.37. The Morgan fingerprint density at radius 1 is 1.10 bits per heavy atom. The number of piperazine rings is 1. The Kier molecular flexibility index (Phi) is 7.51. The molecule has 0 bridgehead atoms. The van der Waals surface area contributed by atoms with Gasteiger partial charge in [0, 0.05) is 57.1 Å². The fourth-order valence-electron chi connectivity index (χ4n) is 3.78. The molecule has 1 amide bonds. The molecule has 3 rings (SSSR count).